The van der Waals surface area contributed by atoms with Crippen LogP contribution in [0.3, 0.4) is 0 Å². The zero-order chi connectivity index (χ0) is 14.8. The largest absolute Gasteiger partial charge is 0.468 e. The number of likely N-dealkylation sites (tertiary alicyclic amines) is 1. The van der Waals surface area contributed by atoms with Gasteiger partial charge in [-0.1, -0.05) is 0 Å². The minimum Gasteiger partial charge on any atom is -0.468 e. The summed E-state index contributed by atoms with van der Waals surface area (Å²) < 4.78 is 10.9. The molecule has 0 radical (unpaired) electrons. The van der Waals surface area contributed by atoms with Gasteiger partial charge in [0.2, 0.25) is 0 Å². The molecule has 0 spiro atoms. The molecule has 0 saturated carbocycles. The molecule has 2 unspecified atom stereocenters. The van der Waals surface area contributed by atoms with E-state index in [4.69, 9.17) is 9.15 Å². The van der Waals surface area contributed by atoms with E-state index >= 15 is 0 Å². The molecule has 1 saturated heterocycles. The number of hydrogen-bond donors (Lipinski definition) is 1. The number of rotatable bonds is 3. The van der Waals surface area contributed by atoms with Gasteiger partial charge in [-0.15, -0.1) is 0 Å². The molecule has 112 valence electrons. The first-order valence-electron chi connectivity index (χ1n) is 7.09. The topological polar surface area (TPSA) is 54.7 Å². The second-order valence-electron chi connectivity index (χ2n) is 6.26. The van der Waals surface area contributed by atoms with E-state index in [1.54, 1.807) is 11.2 Å². The number of nitrogens with zero attached hydrogens (tertiary/aromatic N) is 1. The van der Waals surface area contributed by atoms with Gasteiger partial charge in [-0.3, -0.25) is 0 Å². The molecule has 1 aliphatic rings. The van der Waals surface area contributed by atoms with Crippen LogP contribution in [0.1, 0.15) is 39.0 Å². The quantitative estimate of drug-likeness (QED) is 0.925. The molecule has 2 rings (SSSR count). The lowest BCUT2D eigenvalue weighted by Crippen LogP contribution is -2.36. The summed E-state index contributed by atoms with van der Waals surface area (Å²) in [5.74, 6) is 1.27. The summed E-state index contributed by atoms with van der Waals surface area (Å²) in [5.41, 5.74) is -0.446. The first-order chi connectivity index (χ1) is 9.40. The lowest BCUT2D eigenvalue weighted by atomic mass is 9.97. The highest BCUT2D eigenvalue weighted by Crippen LogP contribution is 2.30. The monoisotopic (exact) mass is 280 g/mol. The predicted molar refractivity (Wildman–Crippen MR) is 76.4 cm³/mol. The predicted octanol–water partition coefficient (Wildman–Crippen LogP) is 2.80. The molecule has 20 heavy (non-hydrogen) atoms. The Morgan fingerprint density at radius 2 is 2.30 bits per heavy atom. The number of furan rings is 1. The van der Waals surface area contributed by atoms with Crippen LogP contribution in [0, 0.1) is 5.92 Å². The maximum Gasteiger partial charge on any atom is 0.410 e. The molecule has 0 bridgehead atoms. The highest BCUT2D eigenvalue weighted by Gasteiger charge is 2.35. The van der Waals surface area contributed by atoms with Gasteiger partial charge in [0, 0.05) is 19.0 Å². The van der Waals surface area contributed by atoms with Gasteiger partial charge in [0.15, 0.2) is 0 Å². The van der Waals surface area contributed by atoms with E-state index in [1.165, 1.54) is 0 Å². The van der Waals surface area contributed by atoms with Gasteiger partial charge in [-0.2, -0.15) is 0 Å². The third kappa shape index (κ3) is 3.54. The van der Waals surface area contributed by atoms with Crippen molar-refractivity contribution >= 4 is 6.09 Å². The Labute approximate surface area is 120 Å². The fourth-order valence-electron chi connectivity index (χ4n) is 2.63. The van der Waals surface area contributed by atoms with Crippen molar-refractivity contribution in [3.63, 3.8) is 0 Å². The van der Waals surface area contributed by atoms with Crippen molar-refractivity contribution in [2.75, 3.05) is 20.1 Å². The Hall–Kier alpha value is -1.49. The zero-order valence-corrected chi connectivity index (χ0v) is 12.7. The summed E-state index contributed by atoms with van der Waals surface area (Å²) in [6, 6.07) is 4.00. The number of nitrogens with one attached hydrogen (secondary N) is 1. The smallest absolute Gasteiger partial charge is 0.410 e. The summed E-state index contributed by atoms with van der Waals surface area (Å²) in [6.45, 7) is 7.09. The number of hydrogen-bond acceptors (Lipinski definition) is 4. The second kappa shape index (κ2) is 5.87. The minimum absolute atomic E-state index is 0.137. The van der Waals surface area contributed by atoms with Gasteiger partial charge >= 0.3 is 6.09 Å². The van der Waals surface area contributed by atoms with E-state index < -0.39 is 5.60 Å². The zero-order valence-electron chi connectivity index (χ0n) is 12.7. The van der Waals surface area contributed by atoms with Crippen molar-refractivity contribution in [1.29, 1.82) is 0 Å². The van der Waals surface area contributed by atoms with Crippen LogP contribution < -0.4 is 5.32 Å². The molecule has 1 amide bonds. The SMILES string of the molecule is CNC(c1ccco1)C1CCN(C(=O)OC(C)(C)C)C1. The fourth-order valence-corrected chi connectivity index (χ4v) is 2.63. The van der Waals surface area contributed by atoms with Crippen molar-refractivity contribution in [3.8, 4) is 0 Å². The van der Waals surface area contributed by atoms with E-state index in [1.807, 2.05) is 40.0 Å². The molecule has 1 aromatic rings. The normalized spacial score (nSPS) is 21.0. The van der Waals surface area contributed by atoms with Crippen LogP contribution in [0.5, 0.6) is 0 Å². The summed E-state index contributed by atoms with van der Waals surface area (Å²) in [4.78, 5) is 13.8. The van der Waals surface area contributed by atoms with Crippen LogP contribution in [-0.4, -0.2) is 36.7 Å². The molecule has 1 fully saturated rings. The fraction of sp³-hybridized carbons (Fsp3) is 0.667. The molecule has 1 aliphatic heterocycles. The molecular formula is C15H24N2O3. The molecule has 5 heteroatoms. The first-order valence-corrected chi connectivity index (χ1v) is 7.09. The lowest BCUT2D eigenvalue weighted by Gasteiger charge is -2.25. The Morgan fingerprint density at radius 1 is 1.55 bits per heavy atom. The van der Waals surface area contributed by atoms with Gasteiger partial charge in [0.25, 0.3) is 0 Å². The Balaban J connectivity index is 1.96. The Kier molecular flexibility index (Phi) is 4.38. The molecule has 0 aliphatic carbocycles. The molecule has 2 heterocycles. The van der Waals surface area contributed by atoms with Crippen molar-refractivity contribution in [2.24, 2.45) is 5.92 Å². The van der Waals surface area contributed by atoms with Gasteiger partial charge in [-0.05, 0) is 46.4 Å². The summed E-state index contributed by atoms with van der Waals surface area (Å²) in [6.07, 6.45) is 2.40. The van der Waals surface area contributed by atoms with E-state index in [-0.39, 0.29) is 12.1 Å². The van der Waals surface area contributed by atoms with Crippen molar-refractivity contribution in [2.45, 2.75) is 38.8 Å². The van der Waals surface area contributed by atoms with Crippen LogP contribution in [0.15, 0.2) is 22.8 Å². The van der Waals surface area contributed by atoms with Crippen LogP contribution in [-0.2, 0) is 4.74 Å². The molecule has 1 aromatic heterocycles. The standard InChI is InChI=1S/C15H24N2O3/c1-15(2,3)20-14(18)17-8-7-11(10-17)13(16-4)12-6-5-9-19-12/h5-6,9,11,13,16H,7-8,10H2,1-4H3. The third-order valence-corrected chi connectivity index (χ3v) is 3.51. The van der Waals surface area contributed by atoms with E-state index in [0.29, 0.717) is 12.5 Å². The van der Waals surface area contributed by atoms with Gasteiger partial charge in [0.05, 0.1) is 12.3 Å². The van der Waals surface area contributed by atoms with Gasteiger partial charge in [0.1, 0.15) is 11.4 Å². The van der Waals surface area contributed by atoms with E-state index in [0.717, 1.165) is 18.7 Å². The van der Waals surface area contributed by atoms with Crippen molar-refractivity contribution in [1.82, 2.24) is 10.2 Å². The third-order valence-electron chi connectivity index (χ3n) is 3.51. The van der Waals surface area contributed by atoms with Gasteiger partial charge < -0.3 is 19.4 Å². The molecular weight excluding hydrogens is 256 g/mol. The Morgan fingerprint density at radius 3 is 2.85 bits per heavy atom. The number of carbonyl (C=O) groups excluding carboxylic acids is 1. The summed E-state index contributed by atoms with van der Waals surface area (Å²) in [7, 11) is 1.92. The maximum absolute atomic E-state index is 12.1. The number of ether oxygens (including phenoxy) is 1. The van der Waals surface area contributed by atoms with Gasteiger partial charge in [-0.25, -0.2) is 4.79 Å². The number of carbonyl (C=O) groups is 1. The average Bonchev–Trinajstić information content (AvgIpc) is 2.98. The van der Waals surface area contributed by atoms with Crippen LogP contribution in [0.25, 0.3) is 0 Å². The Bertz CT molecular complexity index is 436. The van der Waals surface area contributed by atoms with Crippen LogP contribution in [0.2, 0.25) is 0 Å². The first kappa shape index (κ1) is 14.9. The van der Waals surface area contributed by atoms with E-state index in [9.17, 15) is 4.79 Å². The highest BCUT2D eigenvalue weighted by molar-refractivity contribution is 5.68. The minimum atomic E-state index is -0.446. The molecule has 0 aromatic carbocycles. The van der Waals surface area contributed by atoms with E-state index in [2.05, 4.69) is 5.32 Å². The average molecular weight is 280 g/mol. The van der Waals surface area contributed by atoms with Crippen LogP contribution in [0.4, 0.5) is 4.79 Å². The number of amides is 1. The summed E-state index contributed by atoms with van der Waals surface area (Å²) in [5, 5.41) is 3.28. The van der Waals surface area contributed by atoms with Crippen LogP contribution >= 0.6 is 0 Å². The molecule has 5 nitrogen and oxygen atoms in total. The highest BCUT2D eigenvalue weighted by atomic mass is 16.6. The summed E-state index contributed by atoms with van der Waals surface area (Å²) >= 11 is 0. The maximum atomic E-state index is 12.1. The molecule has 2 atom stereocenters. The molecule has 1 N–H and O–H groups in total. The van der Waals surface area contributed by atoms with Crippen molar-refractivity contribution < 1.29 is 13.9 Å². The van der Waals surface area contributed by atoms with Crippen molar-refractivity contribution in [3.05, 3.63) is 24.2 Å². The lowest BCUT2D eigenvalue weighted by molar-refractivity contribution is 0.0284. The second-order valence-corrected chi connectivity index (χ2v) is 6.26.